The first-order valence-corrected chi connectivity index (χ1v) is 4.65. The maximum atomic E-state index is 8.89. The van der Waals surface area contributed by atoms with E-state index in [0.29, 0.717) is 12.6 Å². The molecule has 0 aromatic rings. The second-order valence-electron chi connectivity index (χ2n) is 4.16. The molecular weight excluding hydrogens is 138 g/mol. The summed E-state index contributed by atoms with van der Waals surface area (Å²) in [6.45, 7) is 3.79. The second-order valence-corrected chi connectivity index (χ2v) is 4.16. The summed E-state index contributed by atoms with van der Waals surface area (Å²) in [5.74, 6) is 2.79. The highest BCUT2D eigenvalue weighted by Gasteiger charge is 2.42. The van der Waals surface area contributed by atoms with E-state index < -0.39 is 0 Å². The quantitative estimate of drug-likeness (QED) is 0.612. The van der Waals surface area contributed by atoms with Crippen LogP contribution >= 0.6 is 0 Å². The van der Waals surface area contributed by atoms with Crippen molar-refractivity contribution in [2.45, 2.75) is 25.8 Å². The molecule has 0 bridgehead atoms. The van der Waals surface area contributed by atoms with Crippen molar-refractivity contribution in [3.63, 3.8) is 0 Å². The standard InChI is InChI=1S/C9H17NO/c1-6-2-9(6)7-3-8(5-11)10-4-7/h6-11H,2-5H2,1H3/t6-,7?,8+,9?/m1/s1. The zero-order chi connectivity index (χ0) is 7.84. The molecule has 1 heterocycles. The van der Waals surface area contributed by atoms with Crippen molar-refractivity contribution in [2.24, 2.45) is 17.8 Å². The Hall–Kier alpha value is -0.0800. The zero-order valence-electron chi connectivity index (χ0n) is 7.09. The van der Waals surface area contributed by atoms with Gasteiger partial charge in [-0.15, -0.1) is 0 Å². The highest BCUT2D eigenvalue weighted by Crippen LogP contribution is 2.46. The molecule has 2 N–H and O–H groups in total. The van der Waals surface area contributed by atoms with Crippen LogP contribution in [0.5, 0.6) is 0 Å². The lowest BCUT2D eigenvalue weighted by atomic mass is 9.99. The van der Waals surface area contributed by atoms with Crippen LogP contribution in [0.1, 0.15) is 19.8 Å². The fraction of sp³-hybridized carbons (Fsp3) is 1.00. The molecule has 1 saturated heterocycles. The maximum absolute atomic E-state index is 8.89. The van der Waals surface area contributed by atoms with Crippen molar-refractivity contribution in [3.8, 4) is 0 Å². The van der Waals surface area contributed by atoms with Crippen LogP contribution in [0.3, 0.4) is 0 Å². The smallest absolute Gasteiger partial charge is 0.0584 e. The topological polar surface area (TPSA) is 32.3 Å². The average molecular weight is 155 g/mol. The van der Waals surface area contributed by atoms with Gasteiger partial charge in [-0.25, -0.2) is 0 Å². The van der Waals surface area contributed by atoms with E-state index >= 15 is 0 Å². The van der Waals surface area contributed by atoms with Gasteiger partial charge in [-0.05, 0) is 37.1 Å². The lowest BCUT2D eigenvalue weighted by Gasteiger charge is -2.06. The Morgan fingerprint density at radius 1 is 1.45 bits per heavy atom. The van der Waals surface area contributed by atoms with Crippen LogP contribution in [0.25, 0.3) is 0 Å². The second kappa shape index (κ2) is 2.76. The average Bonchev–Trinajstić information content (AvgIpc) is 2.59. The van der Waals surface area contributed by atoms with E-state index in [2.05, 4.69) is 12.2 Å². The van der Waals surface area contributed by atoms with E-state index in [1.54, 1.807) is 0 Å². The third-order valence-electron chi connectivity index (χ3n) is 3.25. The summed E-state index contributed by atoms with van der Waals surface area (Å²) < 4.78 is 0. The Kier molecular flexibility index (Phi) is 1.90. The predicted molar refractivity (Wildman–Crippen MR) is 44.3 cm³/mol. The highest BCUT2D eigenvalue weighted by atomic mass is 16.3. The fourth-order valence-corrected chi connectivity index (χ4v) is 2.32. The van der Waals surface area contributed by atoms with Crippen LogP contribution in [0, 0.1) is 17.8 Å². The molecule has 4 atom stereocenters. The minimum atomic E-state index is 0.317. The Morgan fingerprint density at radius 2 is 2.18 bits per heavy atom. The minimum absolute atomic E-state index is 0.317. The Labute approximate surface area is 68.0 Å². The van der Waals surface area contributed by atoms with E-state index in [-0.39, 0.29) is 0 Å². The van der Waals surface area contributed by atoms with Crippen LogP contribution in [0.2, 0.25) is 0 Å². The third kappa shape index (κ3) is 1.42. The van der Waals surface area contributed by atoms with Crippen LogP contribution < -0.4 is 5.32 Å². The summed E-state index contributed by atoms with van der Waals surface area (Å²) >= 11 is 0. The Bertz CT molecular complexity index is 148. The van der Waals surface area contributed by atoms with Crippen molar-refractivity contribution >= 4 is 0 Å². The van der Waals surface area contributed by atoms with Crippen LogP contribution in [0.4, 0.5) is 0 Å². The normalized spacial score (nSPS) is 49.6. The van der Waals surface area contributed by atoms with E-state index in [4.69, 9.17) is 5.11 Å². The molecule has 2 aliphatic rings. The van der Waals surface area contributed by atoms with Crippen LogP contribution in [-0.2, 0) is 0 Å². The van der Waals surface area contributed by atoms with E-state index in [1.807, 2.05) is 0 Å². The molecule has 1 aliphatic heterocycles. The number of rotatable bonds is 2. The van der Waals surface area contributed by atoms with Gasteiger partial charge in [0.15, 0.2) is 0 Å². The van der Waals surface area contributed by atoms with Crippen molar-refractivity contribution < 1.29 is 5.11 Å². The summed E-state index contributed by atoms with van der Waals surface area (Å²) in [4.78, 5) is 0. The van der Waals surface area contributed by atoms with E-state index in [1.165, 1.54) is 12.8 Å². The Balaban J connectivity index is 1.81. The van der Waals surface area contributed by atoms with Gasteiger partial charge in [-0.2, -0.15) is 0 Å². The van der Waals surface area contributed by atoms with Crippen molar-refractivity contribution in [3.05, 3.63) is 0 Å². The summed E-state index contributed by atoms with van der Waals surface area (Å²) in [5.41, 5.74) is 0. The van der Waals surface area contributed by atoms with Crippen molar-refractivity contribution in [2.75, 3.05) is 13.2 Å². The molecule has 11 heavy (non-hydrogen) atoms. The van der Waals surface area contributed by atoms with E-state index in [9.17, 15) is 0 Å². The van der Waals surface area contributed by atoms with E-state index in [0.717, 1.165) is 24.3 Å². The molecule has 2 heteroatoms. The molecule has 0 amide bonds. The molecule has 0 aromatic carbocycles. The van der Waals surface area contributed by atoms with Crippen molar-refractivity contribution in [1.29, 1.82) is 0 Å². The zero-order valence-corrected chi connectivity index (χ0v) is 7.09. The van der Waals surface area contributed by atoms with Gasteiger partial charge >= 0.3 is 0 Å². The summed E-state index contributed by atoms with van der Waals surface area (Å²) in [6, 6.07) is 0.396. The number of hydrogen-bond acceptors (Lipinski definition) is 2. The van der Waals surface area contributed by atoms with Gasteiger partial charge in [0.05, 0.1) is 6.61 Å². The SMILES string of the molecule is C[C@@H]1CC1C1CN[C@H](CO)C1. The number of hydrogen-bond donors (Lipinski definition) is 2. The van der Waals surface area contributed by atoms with Gasteiger partial charge < -0.3 is 10.4 Å². The molecule has 0 aromatic heterocycles. The molecule has 64 valence electrons. The molecule has 1 aliphatic carbocycles. The maximum Gasteiger partial charge on any atom is 0.0584 e. The summed E-state index contributed by atoms with van der Waals surface area (Å²) in [7, 11) is 0. The lowest BCUT2D eigenvalue weighted by molar-refractivity contribution is 0.251. The van der Waals surface area contributed by atoms with Gasteiger partial charge in [-0.1, -0.05) is 6.92 Å². The molecule has 2 fully saturated rings. The van der Waals surface area contributed by atoms with Crippen LogP contribution in [-0.4, -0.2) is 24.3 Å². The minimum Gasteiger partial charge on any atom is -0.395 e. The first-order chi connectivity index (χ1) is 5.31. The Morgan fingerprint density at radius 3 is 2.64 bits per heavy atom. The highest BCUT2D eigenvalue weighted by molar-refractivity contribution is 4.94. The lowest BCUT2D eigenvalue weighted by Crippen LogP contribution is -2.24. The molecule has 0 spiro atoms. The summed E-state index contributed by atoms with van der Waals surface area (Å²) in [5, 5.41) is 12.2. The first-order valence-electron chi connectivity index (χ1n) is 4.65. The van der Waals surface area contributed by atoms with Crippen LogP contribution in [0.15, 0.2) is 0 Å². The number of aliphatic hydroxyl groups excluding tert-OH is 1. The van der Waals surface area contributed by atoms with Gasteiger partial charge in [0.25, 0.3) is 0 Å². The third-order valence-corrected chi connectivity index (χ3v) is 3.25. The largest absolute Gasteiger partial charge is 0.395 e. The first kappa shape index (κ1) is 7.56. The monoisotopic (exact) mass is 155 g/mol. The van der Waals surface area contributed by atoms with Crippen molar-refractivity contribution in [1.82, 2.24) is 5.32 Å². The van der Waals surface area contributed by atoms with Gasteiger partial charge in [-0.3, -0.25) is 0 Å². The van der Waals surface area contributed by atoms with Gasteiger partial charge in [0.1, 0.15) is 0 Å². The number of nitrogens with one attached hydrogen (secondary N) is 1. The van der Waals surface area contributed by atoms with Gasteiger partial charge in [0.2, 0.25) is 0 Å². The molecule has 2 unspecified atom stereocenters. The summed E-state index contributed by atoms with van der Waals surface area (Å²) in [6.07, 6.45) is 2.62. The van der Waals surface area contributed by atoms with Gasteiger partial charge in [0, 0.05) is 6.04 Å². The molecule has 2 nitrogen and oxygen atoms in total. The molecule has 2 rings (SSSR count). The number of aliphatic hydroxyl groups is 1. The molecule has 1 saturated carbocycles. The molecule has 0 radical (unpaired) electrons. The predicted octanol–water partition coefficient (Wildman–Crippen LogP) is 0.613. The molecular formula is C9H17NO. The fourth-order valence-electron chi connectivity index (χ4n) is 2.32.